The molecule has 2 aromatic carbocycles. The number of aliphatic hydroxyl groups is 1. The number of nitrogens with zero attached hydrogens (tertiary/aromatic N) is 1. The number of aryl methyl sites for hydroxylation is 1. The number of hydrogen-bond acceptors (Lipinski definition) is 5. The molecule has 10 heteroatoms. The van der Waals surface area contributed by atoms with Gasteiger partial charge < -0.3 is 10.2 Å². The van der Waals surface area contributed by atoms with Gasteiger partial charge in [0.15, 0.2) is 5.54 Å². The number of fused-ring (bicyclic) bond motifs is 1. The van der Waals surface area contributed by atoms with Gasteiger partial charge in [-0.2, -0.15) is 13.2 Å². The second kappa shape index (κ2) is 7.96. The fourth-order valence-electron chi connectivity index (χ4n) is 4.74. The van der Waals surface area contributed by atoms with E-state index in [0.717, 1.165) is 35.1 Å². The van der Waals surface area contributed by atoms with Crippen LogP contribution in [0.2, 0.25) is 0 Å². The number of imide groups is 1. The van der Waals surface area contributed by atoms with E-state index in [-0.39, 0.29) is 11.3 Å². The number of aliphatic carboxylic acids is 1. The minimum Gasteiger partial charge on any atom is -0.480 e. The molecule has 2 aliphatic rings. The molecule has 2 heterocycles. The van der Waals surface area contributed by atoms with E-state index >= 15 is 0 Å². The molecule has 0 aliphatic carbocycles. The van der Waals surface area contributed by atoms with Gasteiger partial charge in [0.05, 0.1) is 29.7 Å². The smallest absolute Gasteiger partial charge is 0.416 e. The molecule has 0 aromatic heterocycles. The van der Waals surface area contributed by atoms with Crippen molar-refractivity contribution in [3.63, 3.8) is 0 Å². The van der Waals surface area contributed by atoms with Crippen molar-refractivity contribution in [1.29, 1.82) is 0 Å². The van der Waals surface area contributed by atoms with Crippen LogP contribution in [0.1, 0.15) is 29.7 Å². The van der Waals surface area contributed by atoms with E-state index < -0.39 is 59.5 Å². The van der Waals surface area contributed by atoms with E-state index in [9.17, 15) is 37.8 Å². The minimum atomic E-state index is -4.66. The van der Waals surface area contributed by atoms with Crippen LogP contribution in [0.25, 0.3) is 0 Å². The molecule has 4 rings (SSSR count). The number of nitrogens with one attached hydrogen (secondary N) is 1. The fourth-order valence-corrected chi connectivity index (χ4v) is 4.74. The number of halogens is 3. The Kier molecular flexibility index (Phi) is 5.53. The first-order valence-electron chi connectivity index (χ1n) is 10.3. The number of rotatable bonds is 5. The van der Waals surface area contributed by atoms with Crippen LogP contribution in [0.4, 0.5) is 18.9 Å². The van der Waals surface area contributed by atoms with Crippen LogP contribution in [-0.4, -0.2) is 40.1 Å². The monoisotopic (exact) mass is 462 g/mol. The summed E-state index contributed by atoms with van der Waals surface area (Å²) in [6.07, 6.45) is -3.93. The molecular formula is C23H21F3N2O5. The van der Waals surface area contributed by atoms with Gasteiger partial charge in [0.25, 0.3) is 0 Å². The normalized spacial score (nSPS) is 27.2. The molecule has 7 nitrogen and oxygen atoms in total. The van der Waals surface area contributed by atoms with Crippen LogP contribution < -0.4 is 10.2 Å². The summed E-state index contributed by atoms with van der Waals surface area (Å²) in [6.45, 7) is 0.903. The van der Waals surface area contributed by atoms with Gasteiger partial charge in [-0.15, -0.1) is 0 Å². The van der Waals surface area contributed by atoms with Crippen molar-refractivity contribution in [3.8, 4) is 0 Å². The minimum absolute atomic E-state index is 0.000677. The first-order valence-corrected chi connectivity index (χ1v) is 10.3. The molecule has 33 heavy (non-hydrogen) atoms. The Balaban J connectivity index is 1.83. The van der Waals surface area contributed by atoms with Gasteiger partial charge in [-0.3, -0.25) is 19.7 Å². The maximum absolute atomic E-state index is 13.4. The van der Waals surface area contributed by atoms with Gasteiger partial charge in [-0.1, -0.05) is 31.2 Å². The topological polar surface area (TPSA) is 107 Å². The van der Waals surface area contributed by atoms with Gasteiger partial charge in [0.1, 0.15) is 0 Å². The van der Waals surface area contributed by atoms with Gasteiger partial charge in [0, 0.05) is 6.04 Å². The average molecular weight is 462 g/mol. The molecule has 0 radical (unpaired) electrons. The highest BCUT2D eigenvalue weighted by Gasteiger charge is 2.68. The zero-order valence-electron chi connectivity index (χ0n) is 17.5. The van der Waals surface area contributed by atoms with Crippen molar-refractivity contribution in [2.45, 2.75) is 31.1 Å². The Morgan fingerprint density at radius 2 is 1.79 bits per heavy atom. The predicted octanol–water partition coefficient (Wildman–Crippen LogP) is 2.53. The highest BCUT2D eigenvalue weighted by molar-refractivity contribution is 6.24. The summed E-state index contributed by atoms with van der Waals surface area (Å²) in [4.78, 5) is 39.8. The lowest BCUT2D eigenvalue weighted by molar-refractivity contribution is -0.151. The number of anilines is 1. The molecule has 0 saturated carbocycles. The quantitative estimate of drug-likeness (QED) is 0.590. The van der Waals surface area contributed by atoms with Gasteiger partial charge in [0.2, 0.25) is 11.8 Å². The van der Waals surface area contributed by atoms with E-state index in [4.69, 9.17) is 0 Å². The SMILES string of the molecule is CCc1ccc(N2C(=O)C3C(c4cccc(C(F)(F)F)c4)NC(CO)(C(=O)O)C3C2=O)cc1. The molecule has 4 atom stereocenters. The number of aliphatic hydroxyl groups excluding tert-OH is 1. The average Bonchev–Trinajstić information content (AvgIpc) is 3.28. The van der Waals surface area contributed by atoms with E-state index in [1.165, 1.54) is 6.07 Å². The fraction of sp³-hybridized carbons (Fsp3) is 0.348. The van der Waals surface area contributed by atoms with Crippen molar-refractivity contribution in [1.82, 2.24) is 5.32 Å². The standard InChI is InChI=1S/C23H21F3N2O5/c1-2-12-6-8-15(9-7-12)28-19(30)16-17(20(28)31)22(11-29,21(32)33)27-18(16)13-4-3-5-14(10-13)23(24,25)26/h3-10,16-18,27,29H,2,11H2,1H3,(H,32,33). The van der Waals surface area contributed by atoms with Crippen molar-refractivity contribution >= 4 is 23.5 Å². The summed E-state index contributed by atoms with van der Waals surface area (Å²) in [5, 5.41) is 22.5. The Hall–Kier alpha value is -3.24. The summed E-state index contributed by atoms with van der Waals surface area (Å²) in [7, 11) is 0. The van der Waals surface area contributed by atoms with Crippen LogP contribution in [0.15, 0.2) is 48.5 Å². The molecule has 4 unspecified atom stereocenters. The third-order valence-electron chi connectivity index (χ3n) is 6.46. The zero-order valence-corrected chi connectivity index (χ0v) is 17.5. The highest BCUT2D eigenvalue weighted by atomic mass is 19.4. The Labute approximate surface area is 186 Å². The predicted molar refractivity (Wildman–Crippen MR) is 110 cm³/mol. The maximum atomic E-state index is 13.4. The molecule has 2 fully saturated rings. The number of carboxylic acids is 1. The van der Waals surface area contributed by atoms with Crippen molar-refractivity contribution in [2.24, 2.45) is 11.8 Å². The van der Waals surface area contributed by atoms with Crippen molar-refractivity contribution in [3.05, 3.63) is 65.2 Å². The number of alkyl halides is 3. The number of carboxylic acid groups (broad SMARTS) is 1. The first kappa shape index (κ1) is 22.9. The van der Waals surface area contributed by atoms with Crippen LogP contribution in [0, 0.1) is 11.8 Å². The van der Waals surface area contributed by atoms with E-state index in [0.29, 0.717) is 0 Å². The van der Waals surface area contributed by atoms with Gasteiger partial charge >= 0.3 is 12.1 Å². The molecule has 2 amide bonds. The number of hydrogen-bond donors (Lipinski definition) is 3. The Morgan fingerprint density at radius 1 is 1.12 bits per heavy atom. The van der Waals surface area contributed by atoms with Crippen LogP contribution in [-0.2, 0) is 27.0 Å². The third kappa shape index (κ3) is 3.50. The Morgan fingerprint density at radius 3 is 2.33 bits per heavy atom. The van der Waals surface area contributed by atoms with Crippen LogP contribution in [0.5, 0.6) is 0 Å². The molecular weight excluding hydrogens is 441 g/mol. The van der Waals surface area contributed by atoms with Gasteiger partial charge in [-0.05, 0) is 41.8 Å². The number of amides is 2. The summed E-state index contributed by atoms with van der Waals surface area (Å²) in [5.41, 5.74) is -2.01. The third-order valence-corrected chi connectivity index (χ3v) is 6.46. The Bertz CT molecular complexity index is 1120. The molecule has 2 aliphatic heterocycles. The summed E-state index contributed by atoms with van der Waals surface area (Å²) < 4.78 is 39.8. The first-order chi connectivity index (χ1) is 15.5. The zero-order chi connectivity index (χ0) is 24.1. The number of carbonyl (C=O) groups is 3. The molecule has 0 bridgehead atoms. The van der Waals surface area contributed by atoms with Crippen LogP contribution >= 0.6 is 0 Å². The molecule has 3 N–H and O–H groups in total. The lowest BCUT2D eigenvalue weighted by Gasteiger charge is -2.29. The largest absolute Gasteiger partial charge is 0.480 e. The summed E-state index contributed by atoms with van der Waals surface area (Å²) in [5.74, 6) is -5.94. The van der Waals surface area contributed by atoms with Crippen LogP contribution in [0.3, 0.4) is 0 Å². The number of carbonyl (C=O) groups excluding carboxylic acids is 2. The molecule has 2 saturated heterocycles. The molecule has 174 valence electrons. The highest BCUT2D eigenvalue weighted by Crippen LogP contribution is 2.50. The maximum Gasteiger partial charge on any atom is 0.416 e. The second-order valence-corrected chi connectivity index (χ2v) is 8.22. The summed E-state index contributed by atoms with van der Waals surface area (Å²) >= 11 is 0. The lowest BCUT2D eigenvalue weighted by atomic mass is 9.79. The summed E-state index contributed by atoms with van der Waals surface area (Å²) in [6, 6.07) is 9.50. The van der Waals surface area contributed by atoms with Crippen molar-refractivity contribution in [2.75, 3.05) is 11.5 Å². The van der Waals surface area contributed by atoms with E-state index in [1.807, 2.05) is 6.92 Å². The van der Waals surface area contributed by atoms with E-state index in [1.54, 1.807) is 24.3 Å². The second-order valence-electron chi connectivity index (χ2n) is 8.22. The lowest BCUT2D eigenvalue weighted by Crippen LogP contribution is -2.58. The van der Waals surface area contributed by atoms with Crippen molar-refractivity contribution < 1.29 is 37.8 Å². The molecule has 2 aromatic rings. The number of benzene rings is 2. The van der Waals surface area contributed by atoms with Gasteiger partial charge in [-0.25, -0.2) is 4.90 Å². The van der Waals surface area contributed by atoms with E-state index in [2.05, 4.69) is 5.32 Å². The molecule has 0 spiro atoms.